The molecule has 2 aromatic rings. The van der Waals surface area contributed by atoms with Crippen LogP contribution in [-0.2, 0) is 16.4 Å². The molecule has 1 aliphatic carbocycles. The van der Waals surface area contributed by atoms with Crippen LogP contribution in [-0.4, -0.2) is 75.7 Å². The van der Waals surface area contributed by atoms with E-state index in [2.05, 4.69) is 19.9 Å². The Morgan fingerprint density at radius 2 is 1.85 bits per heavy atom. The predicted molar refractivity (Wildman–Crippen MR) is 152 cm³/mol. The van der Waals surface area contributed by atoms with Crippen molar-refractivity contribution in [3.63, 3.8) is 0 Å². The van der Waals surface area contributed by atoms with Crippen LogP contribution in [0.3, 0.4) is 0 Å². The number of alkyl halides is 1. The van der Waals surface area contributed by atoms with Gasteiger partial charge in [-0.05, 0) is 68.2 Å². The van der Waals surface area contributed by atoms with Gasteiger partial charge in [0, 0.05) is 38.2 Å². The number of aromatic nitrogens is 1. The fourth-order valence-electron chi connectivity index (χ4n) is 5.97. The van der Waals surface area contributed by atoms with Gasteiger partial charge in [0.2, 0.25) is 10.0 Å². The second kappa shape index (κ2) is 10.7. The fraction of sp³-hybridized carbons (Fsp3) is 0.571. The Morgan fingerprint density at radius 1 is 1.10 bits per heavy atom. The number of hydrogen-bond acceptors (Lipinski definition) is 8. The molecule has 3 N–H and O–H groups in total. The highest BCUT2D eigenvalue weighted by Crippen LogP contribution is 2.54. The molecule has 0 atom stereocenters. The minimum Gasteiger partial charge on any atom is -0.489 e. The minimum atomic E-state index is -3.70. The second-order valence-corrected chi connectivity index (χ2v) is 13.2. The highest BCUT2D eigenvalue weighted by atomic mass is 32.2. The summed E-state index contributed by atoms with van der Waals surface area (Å²) in [5.41, 5.74) is 3.31. The summed E-state index contributed by atoms with van der Waals surface area (Å²) in [6.07, 6.45) is 5.32. The molecule has 0 radical (unpaired) electrons. The first-order chi connectivity index (χ1) is 19.2. The van der Waals surface area contributed by atoms with Crippen LogP contribution in [0.15, 0.2) is 24.3 Å². The summed E-state index contributed by atoms with van der Waals surface area (Å²) >= 11 is 0. The summed E-state index contributed by atoms with van der Waals surface area (Å²) in [4.78, 5) is 22.5. The summed E-state index contributed by atoms with van der Waals surface area (Å²) in [6.45, 7) is 2.71. The van der Waals surface area contributed by atoms with Crippen LogP contribution in [0.1, 0.15) is 54.6 Å². The van der Waals surface area contributed by atoms with Crippen molar-refractivity contribution in [1.29, 1.82) is 0 Å². The number of carbonyl (C=O) groups excluding carboxylic acids is 1. The Balaban J connectivity index is 1.28. The number of fused-ring (bicyclic) bond motifs is 1. The van der Waals surface area contributed by atoms with Crippen LogP contribution in [0.2, 0.25) is 0 Å². The zero-order valence-electron chi connectivity index (χ0n) is 22.5. The van der Waals surface area contributed by atoms with Crippen LogP contribution < -0.4 is 24.6 Å². The molecular formula is C28H36FN5O5S. The molecule has 1 aromatic heterocycles. The average molecular weight is 574 g/mol. The van der Waals surface area contributed by atoms with Crippen LogP contribution in [0.5, 0.6) is 5.75 Å². The topological polar surface area (TPSA) is 124 Å². The van der Waals surface area contributed by atoms with Crippen LogP contribution in [0, 0.1) is 5.41 Å². The summed E-state index contributed by atoms with van der Waals surface area (Å²) in [6, 6.07) is 6.82. The van der Waals surface area contributed by atoms with E-state index in [4.69, 9.17) is 9.84 Å². The quantitative estimate of drug-likeness (QED) is 0.440. The number of ether oxygens (including phenoxy) is 1. The second-order valence-electron chi connectivity index (χ2n) is 11.4. The van der Waals surface area contributed by atoms with Crippen molar-refractivity contribution in [2.24, 2.45) is 5.41 Å². The number of nitrogens with zero attached hydrogens (tertiary/aromatic N) is 3. The van der Waals surface area contributed by atoms with Gasteiger partial charge in [-0.2, -0.15) is 0 Å². The first-order valence-corrected chi connectivity index (χ1v) is 15.8. The van der Waals surface area contributed by atoms with Crippen molar-refractivity contribution < 1.29 is 27.4 Å². The van der Waals surface area contributed by atoms with Crippen molar-refractivity contribution in [2.45, 2.75) is 51.1 Å². The van der Waals surface area contributed by atoms with Gasteiger partial charge in [-0.15, -0.1) is 0 Å². The normalized spacial score (nSPS) is 20.2. The number of rotatable bonds is 8. The van der Waals surface area contributed by atoms with E-state index in [-0.39, 0.29) is 11.6 Å². The number of benzene rings is 1. The van der Waals surface area contributed by atoms with Gasteiger partial charge in [0.15, 0.2) is 11.6 Å². The van der Waals surface area contributed by atoms with Gasteiger partial charge in [-0.25, -0.2) is 17.8 Å². The molecule has 0 unspecified atom stereocenters. The lowest BCUT2D eigenvalue weighted by Crippen LogP contribution is -2.36. The SMILES string of the molecule is O=C(Nc1ccc(NS(=O)(=O)CCO)cc1N1CCC2(CC1)CC2)c1cc2c(c(N3CCC(F)CC3)n1)OCC2. The number of anilines is 4. The molecule has 3 aliphatic heterocycles. The van der Waals surface area contributed by atoms with Gasteiger partial charge >= 0.3 is 0 Å². The molecule has 10 nitrogen and oxygen atoms in total. The number of sulfonamides is 1. The van der Waals surface area contributed by atoms with Gasteiger partial charge in [0.1, 0.15) is 11.9 Å². The van der Waals surface area contributed by atoms with Crippen molar-refractivity contribution in [3.05, 3.63) is 35.5 Å². The van der Waals surface area contributed by atoms with E-state index in [0.717, 1.165) is 37.2 Å². The number of hydrogen-bond donors (Lipinski definition) is 3. The molecule has 2 saturated heterocycles. The van der Waals surface area contributed by atoms with Crippen LogP contribution in [0.25, 0.3) is 0 Å². The summed E-state index contributed by atoms with van der Waals surface area (Å²) in [7, 11) is -3.70. The standard InChI is InChI=1S/C28H36FN5O5S/c29-20-3-10-34(11-4-20)26-25-19(5-15-39-25)17-23(30-26)27(36)31-22-2-1-21(32-40(37,38)16-14-35)18-24(22)33-12-8-28(6-7-28)9-13-33/h1-2,17-18,20,32,35H,3-16H2,(H,31,36). The van der Waals surface area contributed by atoms with E-state index in [1.807, 2.05) is 4.90 Å². The van der Waals surface area contributed by atoms with E-state index in [0.29, 0.717) is 67.3 Å². The monoisotopic (exact) mass is 573 g/mol. The predicted octanol–water partition coefficient (Wildman–Crippen LogP) is 3.32. The maximum absolute atomic E-state index is 13.8. The van der Waals surface area contributed by atoms with Crippen molar-refractivity contribution >= 4 is 38.8 Å². The van der Waals surface area contributed by atoms with Crippen molar-refractivity contribution in [1.82, 2.24) is 4.98 Å². The lowest BCUT2D eigenvalue weighted by molar-refractivity contribution is 0.102. The first kappa shape index (κ1) is 27.1. The van der Waals surface area contributed by atoms with Crippen molar-refractivity contribution in [3.8, 4) is 5.75 Å². The molecule has 216 valence electrons. The van der Waals surface area contributed by atoms with Gasteiger partial charge in [-0.1, -0.05) is 0 Å². The molecule has 12 heteroatoms. The number of nitrogens with one attached hydrogen (secondary N) is 2. The van der Waals surface area contributed by atoms with Gasteiger partial charge < -0.3 is 25.0 Å². The molecule has 40 heavy (non-hydrogen) atoms. The molecule has 3 fully saturated rings. The smallest absolute Gasteiger partial charge is 0.274 e. The summed E-state index contributed by atoms with van der Waals surface area (Å²) in [5, 5.41) is 12.1. The Kier molecular flexibility index (Phi) is 7.24. The number of halogens is 1. The molecule has 1 aromatic carbocycles. The highest BCUT2D eigenvalue weighted by Gasteiger charge is 2.44. The molecule has 0 bridgehead atoms. The number of aliphatic hydroxyl groups is 1. The lowest BCUT2D eigenvalue weighted by Gasteiger charge is -2.35. The van der Waals surface area contributed by atoms with E-state index < -0.39 is 28.6 Å². The molecule has 4 aliphatic rings. The zero-order valence-corrected chi connectivity index (χ0v) is 23.3. The summed E-state index contributed by atoms with van der Waals surface area (Å²) < 4.78 is 46.8. The third-order valence-electron chi connectivity index (χ3n) is 8.61. The van der Waals surface area contributed by atoms with Gasteiger partial charge in [-0.3, -0.25) is 9.52 Å². The van der Waals surface area contributed by atoms with E-state index in [9.17, 15) is 17.6 Å². The lowest BCUT2D eigenvalue weighted by atomic mass is 9.93. The number of piperidine rings is 2. The van der Waals surface area contributed by atoms with Crippen molar-refractivity contribution in [2.75, 3.05) is 65.0 Å². The minimum absolute atomic E-state index is 0.260. The fourth-order valence-corrected chi connectivity index (χ4v) is 6.79. The number of pyridine rings is 1. The maximum atomic E-state index is 13.8. The van der Waals surface area contributed by atoms with Crippen LogP contribution in [0.4, 0.5) is 27.3 Å². The number of amides is 1. The molecular weight excluding hydrogens is 537 g/mol. The Labute approximate surface area is 234 Å². The highest BCUT2D eigenvalue weighted by molar-refractivity contribution is 7.92. The molecule has 1 saturated carbocycles. The van der Waals surface area contributed by atoms with Crippen LogP contribution >= 0.6 is 0 Å². The first-order valence-electron chi connectivity index (χ1n) is 14.1. The Bertz CT molecular complexity index is 1380. The average Bonchev–Trinajstić information content (AvgIpc) is 3.50. The Hall–Kier alpha value is -3.12. The molecule has 4 heterocycles. The van der Waals surface area contributed by atoms with E-state index >= 15 is 0 Å². The van der Waals surface area contributed by atoms with Gasteiger partial charge in [0.05, 0.1) is 36.0 Å². The third kappa shape index (κ3) is 5.69. The largest absolute Gasteiger partial charge is 0.489 e. The summed E-state index contributed by atoms with van der Waals surface area (Å²) in [5.74, 6) is 0.497. The number of aliphatic hydroxyl groups excluding tert-OH is 1. The third-order valence-corrected chi connectivity index (χ3v) is 9.87. The van der Waals surface area contributed by atoms with E-state index in [1.54, 1.807) is 24.3 Å². The molecule has 1 spiro atoms. The molecule has 1 amide bonds. The Morgan fingerprint density at radius 3 is 2.55 bits per heavy atom. The van der Waals surface area contributed by atoms with E-state index in [1.165, 1.54) is 12.8 Å². The van der Waals surface area contributed by atoms with Gasteiger partial charge in [0.25, 0.3) is 5.91 Å². The maximum Gasteiger partial charge on any atom is 0.274 e. The molecule has 6 rings (SSSR count). The zero-order chi connectivity index (χ0) is 27.9. The number of carbonyl (C=O) groups is 1.